The summed E-state index contributed by atoms with van der Waals surface area (Å²) in [6.45, 7) is -1.31. The molecule has 1 rings (SSSR count). The number of amides is 1. The van der Waals surface area contributed by atoms with Crippen LogP contribution in [-0.2, 0) is 11.2 Å². The molecule has 1 aromatic rings. The third-order valence-corrected chi connectivity index (χ3v) is 1.97. The number of hydrogen-bond acceptors (Lipinski definition) is 1. The highest BCUT2D eigenvalue weighted by molar-refractivity contribution is 6.30. The minimum atomic E-state index is -4.38. The Hall–Kier alpha value is -1.23. The molecule has 0 saturated carbocycles. The zero-order chi connectivity index (χ0) is 12.2. The van der Waals surface area contributed by atoms with Gasteiger partial charge in [-0.05, 0) is 17.7 Å². The van der Waals surface area contributed by atoms with E-state index < -0.39 is 18.6 Å². The third-order valence-electron chi connectivity index (χ3n) is 1.74. The van der Waals surface area contributed by atoms with Crippen LogP contribution in [0.2, 0.25) is 5.02 Å². The molecule has 0 atom stereocenters. The number of hydrogen-bond donors (Lipinski definition) is 1. The molecule has 0 bridgehead atoms. The van der Waals surface area contributed by atoms with Crippen LogP contribution in [0.1, 0.15) is 5.56 Å². The molecule has 6 heteroatoms. The number of rotatable bonds is 3. The second kappa shape index (κ2) is 5.21. The van der Waals surface area contributed by atoms with Crippen molar-refractivity contribution in [2.75, 3.05) is 6.54 Å². The molecule has 0 spiro atoms. The predicted molar refractivity (Wildman–Crippen MR) is 54.2 cm³/mol. The van der Waals surface area contributed by atoms with Gasteiger partial charge in [-0.3, -0.25) is 4.79 Å². The van der Waals surface area contributed by atoms with Crippen molar-refractivity contribution in [3.8, 4) is 0 Å². The number of alkyl halides is 3. The van der Waals surface area contributed by atoms with Crippen LogP contribution in [0.5, 0.6) is 0 Å². The summed E-state index contributed by atoms with van der Waals surface area (Å²) in [4.78, 5) is 11.1. The maximum atomic E-state index is 11.8. The Morgan fingerprint density at radius 2 is 2.06 bits per heavy atom. The van der Waals surface area contributed by atoms with Crippen LogP contribution in [0.3, 0.4) is 0 Å². The third kappa shape index (κ3) is 5.02. The second-order valence-electron chi connectivity index (χ2n) is 3.20. The average molecular weight is 252 g/mol. The molecular formula is C10H9ClF3NO. The van der Waals surface area contributed by atoms with Gasteiger partial charge in [0, 0.05) is 5.02 Å². The van der Waals surface area contributed by atoms with Gasteiger partial charge in [0.15, 0.2) is 0 Å². The van der Waals surface area contributed by atoms with Crippen molar-refractivity contribution in [3.05, 3.63) is 34.9 Å². The summed E-state index contributed by atoms with van der Waals surface area (Å²) in [5, 5.41) is 2.23. The first-order valence-corrected chi connectivity index (χ1v) is 4.82. The van der Waals surface area contributed by atoms with E-state index in [9.17, 15) is 18.0 Å². The summed E-state index contributed by atoms with van der Waals surface area (Å²) < 4.78 is 35.3. The fourth-order valence-electron chi connectivity index (χ4n) is 1.09. The monoisotopic (exact) mass is 251 g/mol. The van der Waals surface area contributed by atoms with Crippen LogP contribution >= 0.6 is 11.6 Å². The Bertz CT molecular complexity index is 379. The Balaban J connectivity index is 2.46. The van der Waals surface area contributed by atoms with Crippen molar-refractivity contribution in [1.29, 1.82) is 0 Å². The fourth-order valence-corrected chi connectivity index (χ4v) is 1.31. The van der Waals surface area contributed by atoms with E-state index in [1.54, 1.807) is 23.5 Å². The van der Waals surface area contributed by atoms with E-state index >= 15 is 0 Å². The van der Waals surface area contributed by atoms with Gasteiger partial charge in [0.25, 0.3) is 0 Å². The van der Waals surface area contributed by atoms with Gasteiger partial charge in [-0.25, -0.2) is 0 Å². The highest BCUT2D eigenvalue weighted by Crippen LogP contribution is 2.13. The lowest BCUT2D eigenvalue weighted by atomic mass is 10.1. The Labute approximate surface area is 95.4 Å². The van der Waals surface area contributed by atoms with E-state index in [1.165, 1.54) is 6.07 Å². The van der Waals surface area contributed by atoms with Crippen LogP contribution < -0.4 is 5.32 Å². The maximum Gasteiger partial charge on any atom is 0.405 e. The van der Waals surface area contributed by atoms with Gasteiger partial charge in [-0.1, -0.05) is 23.7 Å². The predicted octanol–water partition coefficient (Wildman–Crippen LogP) is 2.56. The van der Waals surface area contributed by atoms with Gasteiger partial charge >= 0.3 is 6.18 Å². The Morgan fingerprint density at radius 1 is 1.38 bits per heavy atom. The van der Waals surface area contributed by atoms with E-state index in [-0.39, 0.29) is 6.42 Å². The van der Waals surface area contributed by atoms with E-state index in [0.717, 1.165) is 0 Å². The minimum absolute atomic E-state index is 0.114. The fraction of sp³-hybridized carbons (Fsp3) is 0.300. The average Bonchev–Trinajstić information content (AvgIpc) is 2.14. The summed E-state index contributed by atoms with van der Waals surface area (Å²) in [6, 6.07) is 6.42. The van der Waals surface area contributed by atoms with Gasteiger partial charge in [0.2, 0.25) is 5.91 Å². The zero-order valence-corrected chi connectivity index (χ0v) is 8.90. The van der Waals surface area contributed by atoms with E-state index in [0.29, 0.717) is 10.6 Å². The van der Waals surface area contributed by atoms with Crippen molar-refractivity contribution < 1.29 is 18.0 Å². The van der Waals surface area contributed by atoms with Crippen molar-refractivity contribution in [2.24, 2.45) is 0 Å². The minimum Gasteiger partial charge on any atom is -0.347 e. The second-order valence-corrected chi connectivity index (χ2v) is 3.64. The standard InChI is InChI=1S/C10H9ClF3NO/c11-8-3-1-2-7(4-8)5-9(16)15-6-10(12,13)14/h1-4H,5-6H2,(H,15,16). The Morgan fingerprint density at radius 3 is 2.62 bits per heavy atom. The first kappa shape index (κ1) is 12.8. The molecule has 1 aromatic carbocycles. The summed E-state index contributed by atoms with van der Waals surface area (Å²) in [5.41, 5.74) is 0.576. The van der Waals surface area contributed by atoms with Crippen molar-refractivity contribution >= 4 is 17.5 Å². The maximum absolute atomic E-state index is 11.8. The van der Waals surface area contributed by atoms with Crippen molar-refractivity contribution in [1.82, 2.24) is 5.32 Å². The Kier molecular flexibility index (Phi) is 4.18. The summed E-state index contributed by atoms with van der Waals surface area (Å²) in [6.07, 6.45) is -4.50. The quantitative estimate of drug-likeness (QED) is 0.879. The van der Waals surface area contributed by atoms with Gasteiger partial charge in [-0.2, -0.15) is 13.2 Å². The van der Waals surface area contributed by atoms with E-state index in [2.05, 4.69) is 0 Å². The molecule has 2 nitrogen and oxygen atoms in total. The summed E-state index contributed by atoms with van der Waals surface area (Å²) >= 11 is 5.67. The number of halogens is 4. The van der Waals surface area contributed by atoms with Crippen LogP contribution in [-0.4, -0.2) is 18.6 Å². The molecule has 0 radical (unpaired) electrons. The molecule has 0 heterocycles. The zero-order valence-electron chi connectivity index (χ0n) is 8.14. The molecule has 0 aliphatic heterocycles. The molecule has 0 unspecified atom stereocenters. The largest absolute Gasteiger partial charge is 0.405 e. The molecule has 0 aliphatic rings. The van der Waals surface area contributed by atoms with Gasteiger partial charge in [0.1, 0.15) is 6.54 Å². The number of nitrogens with one attached hydrogen (secondary N) is 1. The van der Waals surface area contributed by atoms with Crippen molar-refractivity contribution in [3.63, 3.8) is 0 Å². The molecule has 0 aromatic heterocycles. The van der Waals surface area contributed by atoms with E-state index in [1.807, 2.05) is 0 Å². The van der Waals surface area contributed by atoms with Crippen LogP contribution in [0.15, 0.2) is 24.3 Å². The van der Waals surface area contributed by atoms with E-state index in [4.69, 9.17) is 11.6 Å². The molecular weight excluding hydrogens is 243 g/mol. The topological polar surface area (TPSA) is 29.1 Å². The summed E-state index contributed by atoms with van der Waals surface area (Å²) in [5.74, 6) is -0.681. The molecule has 1 amide bonds. The summed E-state index contributed by atoms with van der Waals surface area (Å²) in [7, 11) is 0. The molecule has 0 fully saturated rings. The number of carbonyl (C=O) groups excluding carboxylic acids is 1. The first-order valence-electron chi connectivity index (χ1n) is 4.45. The van der Waals surface area contributed by atoms with Crippen LogP contribution in [0.4, 0.5) is 13.2 Å². The molecule has 88 valence electrons. The SMILES string of the molecule is O=C(Cc1cccc(Cl)c1)NCC(F)(F)F. The first-order chi connectivity index (χ1) is 7.37. The lowest BCUT2D eigenvalue weighted by Crippen LogP contribution is -2.34. The lowest BCUT2D eigenvalue weighted by Gasteiger charge is -2.08. The molecule has 16 heavy (non-hydrogen) atoms. The van der Waals surface area contributed by atoms with Crippen molar-refractivity contribution in [2.45, 2.75) is 12.6 Å². The van der Waals surface area contributed by atoms with Crippen LogP contribution in [0.25, 0.3) is 0 Å². The van der Waals surface area contributed by atoms with Gasteiger partial charge in [-0.15, -0.1) is 0 Å². The van der Waals surface area contributed by atoms with Gasteiger partial charge < -0.3 is 5.32 Å². The number of benzene rings is 1. The molecule has 0 saturated heterocycles. The van der Waals surface area contributed by atoms with Crippen LogP contribution in [0, 0.1) is 0 Å². The normalized spacial score (nSPS) is 11.2. The highest BCUT2D eigenvalue weighted by Gasteiger charge is 2.27. The number of carbonyl (C=O) groups is 1. The smallest absolute Gasteiger partial charge is 0.347 e. The van der Waals surface area contributed by atoms with Gasteiger partial charge in [0.05, 0.1) is 6.42 Å². The molecule has 1 N–H and O–H groups in total. The lowest BCUT2D eigenvalue weighted by molar-refractivity contribution is -0.138. The highest BCUT2D eigenvalue weighted by atomic mass is 35.5. The molecule has 0 aliphatic carbocycles.